The highest BCUT2D eigenvalue weighted by Gasteiger charge is 2.32. The van der Waals surface area contributed by atoms with Crippen molar-refractivity contribution in [2.24, 2.45) is 0 Å². The molecule has 1 aliphatic rings. The summed E-state index contributed by atoms with van der Waals surface area (Å²) in [4.78, 5) is 20.5. The van der Waals surface area contributed by atoms with Crippen molar-refractivity contribution in [1.82, 2.24) is 29.3 Å². The molecule has 1 saturated heterocycles. The highest BCUT2D eigenvalue weighted by Crippen LogP contribution is 2.29. The van der Waals surface area contributed by atoms with Crippen LogP contribution in [-0.4, -0.2) is 50.8 Å². The van der Waals surface area contributed by atoms with Crippen LogP contribution in [0.25, 0.3) is 11.2 Å². The average Bonchev–Trinajstić information content (AvgIpc) is 3.24. The maximum Gasteiger partial charge on any atom is 0.281 e. The first kappa shape index (κ1) is 21.9. The molecule has 33 heavy (non-hydrogen) atoms. The summed E-state index contributed by atoms with van der Waals surface area (Å²) in [6, 6.07) is 16.1. The minimum Gasteiger partial charge on any atom is -0.308 e. The standard InChI is InChI=1S/C22H21BrN6O3S/c23-18-11-5-4-7-15(18)14-29-21-19(26-27-29)22(30)25-20(24-21)16-8-6-12-28(13-16)33(31,32)17-9-2-1-3-10-17/h1-5,7,9-11,16H,6,8,12-14H2,(H,24,25,30)/t16-/m1/s1. The second-order valence-electron chi connectivity index (χ2n) is 7.98. The van der Waals surface area contributed by atoms with Gasteiger partial charge in [-0.05, 0) is 36.6 Å². The van der Waals surface area contributed by atoms with Crippen LogP contribution in [0.2, 0.25) is 0 Å². The molecule has 0 bridgehead atoms. The molecule has 0 radical (unpaired) electrons. The highest BCUT2D eigenvalue weighted by molar-refractivity contribution is 9.10. The van der Waals surface area contributed by atoms with Crippen LogP contribution in [-0.2, 0) is 16.6 Å². The number of nitrogens with one attached hydrogen (secondary N) is 1. The third kappa shape index (κ3) is 4.23. The van der Waals surface area contributed by atoms with Gasteiger partial charge >= 0.3 is 0 Å². The molecule has 1 N–H and O–H groups in total. The van der Waals surface area contributed by atoms with Gasteiger partial charge in [0.2, 0.25) is 10.0 Å². The van der Waals surface area contributed by atoms with Crippen LogP contribution in [0.5, 0.6) is 0 Å². The van der Waals surface area contributed by atoms with Gasteiger partial charge in [0.05, 0.1) is 11.4 Å². The van der Waals surface area contributed by atoms with E-state index in [1.165, 1.54) is 4.31 Å². The molecule has 11 heteroatoms. The van der Waals surface area contributed by atoms with Crippen molar-refractivity contribution in [2.45, 2.75) is 30.2 Å². The molecular formula is C22H21BrN6O3S. The van der Waals surface area contributed by atoms with Crippen LogP contribution in [0.4, 0.5) is 0 Å². The normalized spacial score (nSPS) is 17.4. The fraction of sp³-hybridized carbons (Fsp3) is 0.273. The smallest absolute Gasteiger partial charge is 0.281 e. The second kappa shape index (κ2) is 8.81. The molecule has 4 aromatic rings. The number of aromatic nitrogens is 5. The van der Waals surface area contributed by atoms with E-state index in [4.69, 9.17) is 0 Å². The Kier molecular flexibility index (Phi) is 5.85. The van der Waals surface area contributed by atoms with E-state index < -0.39 is 10.0 Å². The van der Waals surface area contributed by atoms with Crippen molar-refractivity contribution in [2.75, 3.05) is 13.1 Å². The summed E-state index contributed by atoms with van der Waals surface area (Å²) in [5, 5.41) is 8.14. The molecule has 1 aliphatic heterocycles. The lowest BCUT2D eigenvalue weighted by molar-refractivity contribution is 0.309. The van der Waals surface area contributed by atoms with Gasteiger partial charge in [-0.15, -0.1) is 5.10 Å². The van der Waals surface area contributed by atoms with Crippen molar-refractivity contribution in [3.05, 3.63) is 80.8 Å². The van der Waals surface area contributed by atoms with Gasteiger partial charge in [-0.2, -0.15) is 4.31 Å². The van der Waals surface area contributed by atoms with E-state index >= 15 is 0 Å². The summed E-state index contributed by atoms with van der Waals surface area (Å²) < 4.78 is 30.2. The molecule has 170 valence electrons. The number of halogens is 1. The predicted octanol–water partition coefficient (Wildman–Crippen LogP) is 2.89. The van der Waals surface area contributed by atoms with Crippen molar-refractivity contribution >= 4 is 37.1 Å². The first-order valence-electron chi connectivity index (χ1n) is 10.6. The number of fused-ring (bicyclic) bond motifs is 1. The molecule has 3 heterocycles. The van der Waals surface area contributed by atoms with Gasteiger partial charge in [-0.1, -0.05) is 57.5 Å². The minimum atomic E-state index is -3.62. The molecule has 0 amide bonds. The first-order valence-corrected chi connectivity index (χ1v) is 12.8. The summed E-state index contributed by atoms with van der Waals surface area (Å²) in [6.07, 6.45) is 1.40. The molecule has 2 aromatic heterocycles. The first-order chi connectivity index (χ1) is 15.9. The number of hydrogen-bond donors (Lipinski definition) is 1. The largest absolute Gasteiger partial charge is 0.308 e. The average molecular weight is 529 g/mol. The molecule has 1 fully saturated rings. The Morgan fingerprint density at radius 3 is 2.64 bits per heavy atom. The van der Waals surface area contributed by atoms with E-state index in [0.29, 0.717) is 31.0 Å². The lowest BCUT2D eigenvalue weighted by atomic mass is 9.99. The summed E-state index contributed by atoms with van der Waals surface area (Å²) in [5.74, 6) is 0.220. The number of rotatable bonds is 5. The van der Waals surface area contributed by atoms with E-state index in [2.05, 4.69) is 36.2 Å². The molecule has 0 saturated carbocycles. The van der Waals surface area contributed by atoms with E-state index in [0.717, 1.165) is 16.5 Å². The zero-order chi connectivity index (χ0) is 23.0. The number of piperidine rings is 1. The molecule has 1 atom stereocenters. The molecule has 5 rings (SSSR count). The maximum absolute atomic E-state index is 13.1. The summed E-state index contributed by atoms with van der Waals surface area (Å²) >= 11 is 3.53. The van der Waals surface area contributed by atoms with Gasteiger partial charge in [-0.25, -0.2) is 18.1 Å². The molecule has 9 nitrogen and oxygen atoms in total. The Bertz CT molecular complexity index is 1470. The molecule has 0 spiro atoms. The lowest BCUT2D eigenvalue weighted by Gasteiger charge is -2.31. The lowest BCUT2D eigenvalue weighted by Crippen LogP contribution is -2.39. The Hall–Kier alpha value is -2.89. The van der Waals surface area contributed by atoms with Crippen LogP contribution >= 0.6 is 15.9 Å². The van der Waals surface area contributed by atoms with Gasteiger partial charge < -0.3 is 4.98 Å². The van der Waals surface area contributed by atoms with Crippen molar-refractivity contribution in [3.63, 3.8) is 0 Å². The summed E-state index contributed by atoms with van der Waals surface area (Å²) in [5.41, 5.74) is 1.14. The predicted molar refractivity (Wildman–Crippen MR) is 126 cm³/mol. The Morgan fingerprint density at radius 1 is 1.09 bits per heavy atom. The van der Waals surface area contributed by atoms with Gasteiger partial charge in [-0.3, -0.25) is 4.79 Å². The van der Waals surface area contributed by atoms with Gasteiger partial charge in [0.1, 0.15) is 5.82 Å². The Morgan fingerprint density at radius 2 is 1.85 bits per heavy atom. The van der Waals surface area contributed by atoms with Crippen LogP contribution in [0.1, 0.15) is 30.1 Å². The summed E-state index contributed by atoms with van der Waals surface area (Å²) in [7, 11) is -3.62. The molecule has 2 aromatic carbocycles. The zero-order valence-corrected chi connectivity index (χ0v) is 20.0. The van der Waals surface area contributed by atoms with Gasteiger partial charge in [0.25, 0.3) is 5.56 Å². The number of sulfonamides is 1. The minimum absolute atomic E-state index is 0.162. The van der Waals surface area contributed by atoms with Crippen LogP contribution in [0.15, 0.2) is 68.8 Å². The Balaban J connectivity index is 1.47. The van der Waals surface area contributed by atoms with E-state index in [-0.39, 0.29) is 28.4 Å². The number of hydrogen-bond acceptors (Lipinski definition) is 6. The summed E-state index contributed by atoms with van der Waals surface area (Å²) in [6.45, 7) is 1.08. The topological polar surface area (TPSA) is 114 Å². The van der Waals surface area contributed by atoms with Crippen molar-refractivity contribution < 1.29 is 8.42 Å². The fourth-order valence-corrected chi connectivity index (χ4v) is 6.05. The monoisotopic (exact) mass is 528 g/mol. The number of benzene rings is 2. The quantitative estimate of drug-likeness (QED) is 0.426. The molecule has 0 unspecified atom stereocenters. The van der Waals surface area contributed by atoms with Crippen LogP contribution < -0.4 is 5.56 Å². The van der Waals surface area contributed by atoms with Crippen molar-refractivity contribution in [1.29, 1.82) is 0 Å². The maximum atomic E-state index is 13.1. The molecular weight excluding hydrogens is 508 g/mol. The van der Waals surface area contributed by atoms with Gasteiger partial charge in [0.15, 0.2) is 11.2 Å². The number of aromatic amines is 1. The zero-order valence-electron chi connectivity index (χ0n) is 17.6. The molecule has 0 aliphatic carbocycles. The SMILES string of the molecule is O=c1[nH]c([C@@H]2CCCN(S(=O)(=O)c3ccccc3)C2)nc2c1nnn2Cc1ccccc1Br. The third-order valence-corrected chi connectivity index (χ3v) is 8.47. The van der Waals surface area contributed by atoms with Crippen LogP contribution in [0.3, 0.4) is 0 Å². The van der Waals surface area contributed by atoms with E-state index in [1.54, 1.807) is 35.0 Å². The number of H-pyrrole nitrogens is 1. The van der Waals surface area contributed by atoms with E-state index in [1.807, 2.05) is 24.3 Å². The third-order valence-electron chi connectivity index (χ3n) is 5.82. The van der Waals surface area contributed by atoms with Crippen LogP contribution in [0, 0.1) is 0 Å². The fourth-order valence-electron chi connectivity index (χ4n) is 4.10. The second-order valence-corrected chi connectivity index (χ2v) is 10.8. The Labute approximate surface area is 198 Å². The van der Waals surface area contributed by atoms with Gasteiger partial charge in [0, 0.05) is 23.5 Å². The van der Waals surface area contributed by atoms with Crippen molar-refractivity contribution in [3.8, 4) is 0 Å². The highest BCUT2D eigenvalue weighted by atomic mass is 79.9. The van der Waals surface area contributed by atoms with E-state index in [9.17, 15) is 13.2 Å². The number of nitrogens with zero attached hydrogens (tertiary/aromatic N) is 5.